The summed E-state index contributed by atoms with van der Waals surface area (Å²) < 4.78 is 14.0. The van der Waals surface area contributed by atoms with Gasteiger partial charge in [0, 0.05) is 10.2 Å². The molecule has 0 heterocycles. The number of hydrogen-bond donors (Lipinski definition) is 1. The smallest absolute Gasteiger partial charge is 0.126 e. The number of halogens is 2. The normalized spacial score (nSPS) is 9.89. The van der Waals surface area contributed by atoms with Gasteiger partial charge in [0.25, 0.3) is 0 Å². The Hall–Kier alpha value is -1.86. The number of anilines is 2. The van der Waals surface area contributed by atoms with Gasteiger partial charge in [-0.15, -0.1) is 0 Å². The Balaban J connectivity index is 2.34. The molecular weight excluding hydrogens is 295 g/mol. The van der Waals surface area contributed by atoms with Crippen LogP contribution in [-0.2, 0) is 0 Å². The number of aryl methyl sites for hydroxylation is 1. The van der Waals surface area contributed by atoms with Crippen molar-refractivity contribution in [1.82, 2.24) is 0 Å². The van der Waals surface area contributed by atoms with Crippen molar-refractivity contribution in [2.24, 2.45) is 0 Å². The van der Waals surface area contributed by atoms with E-state index in [0.29, 0.717) is 16.8 Å². The molecule has 4 heteroatoms. The van der Waals surface area contributed by atoms with Crippen LogP contribution < -0.4 is 5.32 Å². The quantitative estimate of drug-likeness (QED) is 0.886. The number of benzene rings is 2. The molecule has 0 spiro atoms. The maximum Gasteiger partial charge on any atom is 0.126 e. The van der Waals surface area contributed by atoms with E-state index in [-0.39, 0.29) is 5.82 Å². The Morgan fingerprint density at radius 3 is 2.67 bits per heavy atom. The minimum absolute atomic E-state index is 0.239. The summed E-state index contributed by atoms with van der Waals surface area (Å²) in [7, 11) is 0. The van der Waals surface area contributed by atoms with Crippen molar-refractivity contribution in [1.29, 1.82) is 5.26 Å². The largest absolute Gasteiger partial charge is 0.354 e. The molecule has 0 aliphatic carbocycles. The highest BCUT2D eigenvalue weighted by molar-refractivity contribution is 9.10. The van der Waals surface area contributed by atoms with Gasteiger partial charge in [0.1, 0.15) is 11.9 Å². The Morgan fingerprint density at radius 1 is 1.22 bits per heavy atom. The highest BCUT2D eigenvalue weighted by Crippen LogP contribution is 2.24. The Bertz CT molecular complexity index is 632. The Kier molecular flexibility index (Phi) is 3.63. The number of nitriles is 1. The minimum atomic E-state index is -0.239. The lowest BCUT2D eigenvalue weighted by molar-refractivity contribution is 0.619. The van der Waals surface area contributed by atoms with E-state index in [1.54, 1.807) is 31.2 Å². The topological polar surface area (TPSA) is 35.8 Å². The van der Waals surface area contributed by atoms with Gasteiger partial charge in [-0.05, 0) is 48.9 Å². The first-order chi connectivity index (χ1) is 8.60. The van der Waals surface area contributed by atoms with Crippen molar-refractivity contribution >= 4 is 27.3 Å². The SMILES string of the molecule is Cc1cc(Nc2ccc(Br)cc2C#N)ccc1F. The lowest BCUT2D eigenvalue weighted by Gasteiger charge is -2.09. The van der Waals surface area contributed by atoms with Crippen molar-refractivity contribution in [3.05, 3.63) is 57.8 Å². The number of hydrogen-bond acceptors (Lipinski definition) is 2. The van der Waals surface area contributed by atoms with Gasteiger partial charge in [0.05, 0.1) is 11.3 Å². The summed E-state index contributed by atoms with van der Waals surface area (Å²) in [6.45, 7) is 1.70. The molecule has 2 aromatic carbocycles. The monoisotopic (exact) mass is 304 g/mol. The van der Waals surface area contributed by atoms with Crippen molar-refractivity contribution in [3.63, 3.8) is 0 Å². The summed E-state index contributed by atoms with van der Waals surface area (Å²) >= 11 is 3.32. The van der Waals surface area contributed by atoms with Crippen molar-refractivity contribution < 1.29 is 4.39 Å². The first-order valence-corrected chi connectivity index (χ1v) is 6.12. The van der Waals surface area contributed by atoms with Crippen molar-refractivity contribution in [3.8, 4) is 6.07 Å². The molecule has 0 fully saturated rings. The highest BCUT2D eigenvalue weighted by atomic mass is 79.9. The summed E-state index contributed by atoms with van der Waals surface area (Å²) in [5.74, 6) is -0.239. The Labute approximate surface area is 113 Å². The van der Waals surface area contributed by atoms with Crippen LogP contribution in [-0.4, -0.2) is 0 Å². The van der Waals surface area contributed by atoms with Gasteiger partial charge in [-0.1, -0.05) is 15.9 Å². The second-order valence-corrected chi connectivity index (χ2v) is 4.81. The zero-order valence-corrected chi connectivity index (χ0v) is 11.3. The van der Waals surface area contributed by atoms with Gasteiger partial charge in [-0.3, -0.25) is 0 Å². The van der Waals surface area contributed by atoms with Gasteiger partial charge in [0.15, 0.2) is 0 Å². The molecule has 0 amide bonds. The zero-order valence-electron chi connectivity index (χ0n) is 9.67. The second-order valence-electron chi connectivity index (χ2n) is 3.89. The molecule has 0 aliphatic heterocycles. The Morgan fingerprint density at radius 2 is 2.00 bits per heavy atom. The van der Waals surface area contributed by atoms with Crippen LogP contribution in [0, 0.1) is 24.1 Å². The van der Waals surface area contributed by atoms with Gasteiger partial charge < -0.3 is 5.32 Å². The molecule has 0 saturated carbocycles. The van der Waals surface area contributed by atoms with E-state index >= 15 is 0 Å². The van der Waals surface area contributed by atoms with Crippen LogP contribution in [0.25, 0.3) is 0 Å². The maximum atomic E-state index is 13.1. The first kappa shape index (κ1) is 12.6. The second kappa shape index (κ2) is 5.19. The predicted molar refractivity (Wildman–Crippen MR) is 73.3 cm³/mol. The third kappa shape index (κ3) is 2.69. The molecular formula is C14H10BrFN2. The molecule has 0 radical (unpaired) electrons. The van der Waals surface area contributed by atoms with E-state index in [1.165, 1.54) is 6.07 Å². The van der Waals surface area contributed by atoms with Crippen LogP contribution in [0.4, 0.5) is 15.8 Å². The average Bonchev–Trinajstić information content (AvgIpc) is 2.36. The van der Waals surface area contributed by atoms with E-state index in [4.69, 9.17) is 5.26 Å². The fraction of sp³-hybridized carbons (Fsp3) is 0.0714. The molecule has 0 aromatic heterocycles. The summed E-state index contributed by atoms with van der Waals surface area (Å²) in [5, 5.41) is 12.2. The first-order valence-electron chi connectivity index (χ1n) is 5.33. The molecule has 0 saturated heterocycles. The third-order valence-electron chi connectivity index (χ3n) is 2.54. The maximum absolute atomic E-state index is 13.1. The van der Waals surface area contributed by atoms with E-state index in [0.717, 1.165) is 10.2 Å². The van der Waals surface area contributed by atoms with Crippen LogP contribution in [0.1, 0.15) is 11.1 Å². The molecule has 90 valence electrons. The zero-order chi connectivity index (χ0) is 13.1. The summed E-state index contributed by atoms with van der Waals surface area (Å²) in [6.07, 6.45) is 0. The van der Waals surface area contributed by atoms with Gasteiger partial charge >= 0.3 is 0 Å². The number of nitrogens with one attached hydrogen (secondary N) is 1. The molecule has 0 atom stereocenters. The van der Waals surface area contributed by atoms with E-state index in [9.17, 15) is 4.39 Å². The molecule has 0 unspecified atom stereocenters. The molecule has 0 aliphatic rings. The van der Waals surface area contributed by atoms with Crippen LogP contribution in [0.2, 0.25) is 0 Å². The molecule has 1 N–H and O–H groups in total. The fourth-order valence-electron chi connectivity index (χ4n) is 1.60. The highest BCUT2D eigenvalue weighted by Gasteiger charge is 2.04. The number of nitrogens with zero attached hydrogens (tertiary/aromatic N) is 1. The molecule has 0 bridgehead atoms. The predicted octanol–water partition coefficient (Wildman–Crippen LogP) is 4.51. The van der Waals surface area contributed by atoms with E-state index in [2.05, 4.69) is 27.3 Å². The third-order valence-corrected chi connectivity index (χ3v) is 3.03. The standard InChI is InChI=1S/C14H10BrFN2/c1-9-6-12(3-4-13(9)16)18-14-5-2-11(15)7-10(14)8-17/h2-7,18H,1H3. The molecule has 18 heavy (non-hydrogen) atoms. The summed E-state index contributed by atoms with van der Waals surface area (Å²) in [4.78, 5) is 0. The van der Waals surface area contributed by atoms with E-state index in [1.807, 2.05) is 6.07 Å². The van der Waals surface area contributed by atoms with Crippen LogP contribution >= 0.6 is 15.9 Å². The lowest BCUT2D eigenvalue weighted by atomic mass is 10.1. The summed E-state index contributed by atoms with van der Waals surface area (Å²) in [6, 6.07) is 12.3. The van der Waals surface area contributed by atoms with E-state index < -0.39 is 0 Å². The van der Waals surface area contributed by atoms with Crippen LogP contribution in [0.15, 0.2) is 40.9 Å². The van der Waals surface area contributed by atoms with Gasteiger partial charge in [-0.25, -0.2) is 4.39 Å². The van der Waals surface area contributed by atoms with Crippen LogP contribution in [0.3, 0.4) is 0 Å². The van der Waals surface area contributed by atoms with Gasteiger partial charge in [-0.2, -0.15) is 5.26 Å². The molecule has 2 nitrogen and oxygen atoms in total. The summed E-state index contributed by atoms with van der Waals surface area (Å²) in [5.41, 5.74) is 2.56. The average molecular weight is 305 g/mol. The van der Waals surface area contributed by atoms with Crippen molar-refractivity contribution in [2.45, 2.75) is 6.92 Å². The minimum Gasteiger partial charge on any atom is -0.354 e. The van der Waals surface area contributed by atoms with Crippen LogP contribution in [0.5, 0.6) is 0 Å². The van der Waals surface area contributed by atoms with Gasteiger partial charge in [0.2, 0.25) is 0 Å². The number of rotatable bonds is 2. The molecule has 2 aromatic rings. The lowest BCUT2D eigenvalue weighted by Crippen LogP contribution is -1.95. The molecule has 2 rings (SSSR count). The fourth-order valence-corrected chi connectivity index (χ4v) is 1.96. The van der Waals surface area contributed by atoms with Crippen molar-refractivity contribution in [2.75, 3.05) is 5.32 Å².